The second kappa shape index (κ2) is 8.21. The molecule has 1 aliphatic rings. The highest BCUT2D eigenvalue weighted by molar-refractivity contribution is 5.91. The topological polar surface area (TPSA) is 79.7 Å². The number of H-pyrrole nitrogens is 1. The van der Waals surface area contributed by atoms with Crippen molar-refractivity contribution in [2.24, 2.45) is 0 Å². The van der Waals surface area contributed by atoms with Crippen molar-refractivity contribution in [2.75, 3.05) is 7.05 Å². The molecule has 0 saturated carbocycles. The standard InChI is InChI=1S/C21H24N6O/c1-26(14-19-17-11-5-6-12-18(17)22-23-19)21(28)20-15-27(25-24-20)13-7-10-16-8-3-2-4-9-16/h2-4,7-10,15H,5-6,11-14H2,1H3,(H,22,23)/b10-7+. The van der Waals surface area contributed by atoms with Gasteiger partial charge in [0, 0.05) is 12.7 Å². The smallest absolute Gasteiger partial charge is 0.276 e. The van der Waals surface area contributed by atoms with E-state index in [9.17, 15) is 4.79 Å². The van der Waals surface area contributed by atoms with Crippen molar-refractivity contribution in [1.29, 1.82) is 0 Å². The van der Waals surface area contributed by atoms with Crippen LogP contribution in [0, 0.1) is 0 Å². The average molecular weight is 376 g/mol. The van der Waals surface area contributed by atoms with Gasteiger partial charge in [-0.3, -0.25) is 9.89 Å². The van der Waals surface area contributed by atoms with Crippen LogP contribution >= 0.6 is 0 Å². The summed E-state index contributed by atoms with van der Waals surface area (Å²) in [6.07, 6.45) is 10.2. The molecule has 2 aromatic heterocycles. The molecule has 1 aliphatic carbocycles. The Morgan fingerprint density at radius 2 is 2.07 bits per heavy atom. The molecule has 28 heavy (non-hydrogen) atoms. The van der Waals surface area contributed by atoms with E-state index in [1.807, 2.05) is 42.5 Å². The third kappa shape index (κ3) is 4.03. The van der Waals surface area contributed by atoms with Crippen molar-refractivity contribution >= 4 is 12.0 Å². The molecule has 1 amide bonds. The number of aromatic amines is 1. The minimum atomic E-state index is -0.147. The Labute approximate surface area is 164 Å². The van der Waals surface area contributed by atoms with Gasteiger partial charge in [-0.25, -0.2) is 4.68 Å². The molecule has 0 aliphatic heterocycles. The van der Waals surface area contributed by atoms with Crippen molar-refractivity contribution in [3.63, 3.8) is 0 Å². The molecule has 7 nitrogen and oxygen atoms in total. The van der Waals surface area contributed by atoms with Gasteiger partial charge in [0.15, 0.2) is 5.69 Å². The molecular formula is C21H24N6O. The van der Waals surface area contributed by atoms with Crippen molar-refractivity contribution in [3.8, 4) is 0 Å². The van der Waals surface area contributed by atoms with E-state index in [0.29, 0.717) is 18.8 Å². The van der Waals surface area contributed by atoms with Gasteiger partial charge >= 0.3 is 0 Å². The monoisotopic (exact) mass is 376 g/mol. The number of fused-ring (bicyclic) bond motifs is 1. The Hall–Kier alpha value is -3.22. The quantitative estimate of drug-likeness (QED) is 0.717. The number of hydrogen-bond acceptors (Lipinski definition) is 4. The summed E-state index contributed by atoms with van der Waals surface area (Å²) in [7, 11) is 1.78. The van der Waals surface area contributed by atoms with Crippen molar-refractivity contribution in [2.45, 2.75) is 38.8 Å². The first-order valence-electron chi connectivity index (χ1n) is 9.63. The fourth-order valence-corrected chi connectivity index (χ4v) is 3.52. The molecule has 3 aromatic rings. The van der Waals surface area contributed by atoms with Crippen molar-refractivity contribution < 1.29 is 4.79 Å². The van der Waals surface area contributed by atoms with Crippen LogP contribution < -0.4 is 0 Å². The lowest BCUT2D eigenvalue weighted by atomic mass is 9.96. The van der Waals surface area contributed by atoms with Gasteiger partial charge in [-0.15, -0.1) is 5.10 Å². The summed E-state index contributed by atoms with van der Waals surface area (Å²) in [5, 5.41) is 15.6. The molecule has 0 unspecified atom stereocenters. The van der Waals surface area contributed by atoms with Crippen LogP contribution in [-0.2, 0) is 25.9 Å². The number of nitrogens with one attached hydrogen (secondary N) is 1. The number of hydrogen-bond donors (Lipinski definition) is 1. The molecule has 0 spiro atoms. The summed E-state index contributed by atoms with van der Waals surface area (Å²) in [5.41, 5.74) is 4.93. The molecule has 0 radical (unpaired) electrons. The number of allylic oxidation sites excluding steroid dienone is 1. The van der Waals surface area contributed by atoms with E-state index in [0.717, 1.165) is 24.1 Å². The van der Waals surface area contributed by atoms with E-state index in [1.54, 1.807) is 22.8 Å². The van der Waals surface area contributed by atoms with Gasteiger partial charge in [0.05, 0.1) is 25.0 Å². The summed E-state index contributed by atoms with van der Waals surface area (Å²) in [6.45, 7) is 1.04. The first-order valence-corrected chi connectivity index (χ1v) is 9.63. The normalized spacial score (nSPS) is 13.6. The molecule has 144 valence electrons. The average Bonchev–Trinajstić information content (AvgIpc) is 3.36. The summed E-state index contributed by atoms with van der Waals surface area (Å²) in [4.78, 5) is 14.4. The second-order valence-electron chi connectivity index (χ2n) is 7.13. The number of aromatic nitrogens is 5. The maximum absolute atomic E-state index is 12.7. The SMILES string of the molecule is CN(Cc1n[nH]c2c1CCCC2)C(=O)c1cn(C/C=C/c2ccccc2)nn1. The fourth-order valence-electron chi connectivity index (χ4n) is 3.52. The molecule has 4 rings (SSSR count). The number of carbonyl (C=O) groups is 1. The summed E-state index contributed by atoms with van der Waals surface area (Å²) in [6, 6.07) is 10.1. The second-order valence-corrected chi connectivity index (χ2v) is 7.13. The fraction of sp³-hybridized carbons (Fsp3) is 0.333. The molecule has 7 heteroatoms. The van der Waals surface area contributed by atoms with Crippen LogP contribution in [0.4, 0.5) is 0 Å². The number of nitrogens with zero attached hydrogens (tertiary/aromatic N) is 5. The lowest BCUT2D eigenvalue weighted by Gasteiger charge is -2.16. The Balaban J connectivity index is 1.37. The minimum absolute atomic E-state index is 0.147. The van der Waals surface area contributed by atoms with Crippen LogP contribution in [0.2, 0.25) is 0 Å². The largest absolute Gasteiger partial charge is 0.334 e. The molecule has 1 N–H and O–H groups in total. The minimum Gasteiger partial charge on any atom is -0.334 e. The van der Waals surface area contributed by atoms with Crippen LogP contribution in [0.1, 0.15) is 45.8 Å². The molecular weight excluding hydrogens is 352 g/mol. The molecule has 0 atom stereocenters. The van der Waals surface area contributed by atoms with Gasteiger partial charge in [-0.1, -0.05) is 47.7 Å². The number of carbonyl (C=O) groups excluding carboxylic acids is 1. The highest BCUT2D eigenvalue weighted by Crippen LogP contribution is 2.23. The van der Waals surface area contributed by atoms with E-state index in [4.69, 9.17) is 0 Å². The van der Waals surface area contributed by atoms with Crippen LogP contribution in [0.5, 0.6) is 0 Å². The summed E-state index contributed by atoms with van der Waals surface area (Å²) < 4.78 is 1.66. The first kappa shape index (κ1) is 18.2. The zero-order chi connectivity index (χ0) is 19.3. The van der Waals surface area contributed by atoms with Gasteiger partial charge in [0.1, 0.15) is 0 Å². The molecule has 0 bridgehead atoms. The summed E-state index contributed by atoms with van der Waals surface area (Å²) in [5.74, 6) is -0.147. The maximum atomic E-state index is 12.7. The molecule has 0 saturated heterocycles. The van der Waals surface area contributed by atoms with E-state index in [-0.39, 0.29) is 5.91 Å². The Morgan fingerprint density at radius 3 is 2.93 bits per heavy atom. The van der Waals surface area contributed by atoms with Crippen LogP contribution in [0.15, 0.2) is 42.6 Å². The van der Waals surface area contributed by atoms with Crippen molar-refractivity contribution in [1.82, 2.24) is 30.1 Å². The zero-order valence-electron chi connectivity index (χ0n) is 16.0. The van der Waals surface area contributed by atoms with E-state index in [1.165, 1.54) is 24.1 Å². The maximum Gasteiger partial charge on any atom is 0.276 e. The molecule has 0 fully saturated rings. The third-order valence-electron chi connectivity index (χ3n) is 5.04. The lowest BCUT2D eigenvalue weighted by Crippen LogP contribution is -2.27. The lowest BCUT2D eigenvalue weighted by molar-refractivity contribution is 0.0777. The number of rotatable bonds is 6. The number of aryl methyl sites for hydroxylation is 1. The van der Waals surface area contributed by atoms with Gasteiger partial charge in [0.2, 0.25) is 0 Å². The predicted molar refractivity (Wildman–Crippen MR) is 107 cm³/mol. The van der Waals surface area contributed by atoms with Crippen LogP contribution in [0.3, 0.4) is 0 Å². The highest BCUT2D eigenvalue weighted by Gasteiger charge is 2.21. The van der Waals surface area contributed by atoms with Gasteiger partial charge in [-0.2, -0.15) is 5.10 Å². The molecule has 1 aromatic carbocycles. The van der Waals surface area contributed by atoms with E-state index in [2.05, 4.69) is 20.5 Å². The number of benzene rings is 1. The van der Waals surface area contributed by atoms with Crippen LogP contribution in [0.25, 0.3) is 6.08 Å². The van der Waals surface area contributed by atoms with Crippen molar-refractivity contribution in [3.05, 3.63) is 70.8 Å². The zero-order valence-corrected chi connectivity index (χ0v) is 16.0. The summed E-state index contributed by atoms with van der Waals surface area (Å²) >= 11 is 0. The van der Waals surface area contributed by atoms with Gasteiger partial charge in [-0.05, 0) is 36.8 Å². The van der Waals surface area contributed by atoms with Gasteiger partial charge in [0.25, 0.3) is 5.91 Å². The highest BCUT2D eigenvalue weighted by atomic mass is 16.2. The Morgan fingerprint density at radius 1 is 1.25 bits per heavy atom. The predicted octanol–water partition coefficient (Wildman–Crippen LogP) is 2.87. The number of amides is 1. The van der Waals surface area contributed by atoms with Crippen LogP contribution in [-0.4, -0.2) is 43.0 Å². The molecule has 2 heterocycles. The first-order chi connectivity index (χ1) is 13.7. The van der Waals surface area contributed by atoms with Gasteiger partial charge < -0.3 is 4.90 Å². The van der Waals surface area contributed by atoms with E-state index >= 15 is 0 Å². The Bertz CT molecular complexity index is 972. The Kier molecular flexibility index (Phi) is 5.32. The van der Waals surface area contributed by atoms with E-state index < -0.39 is 0 Å². The third-order valence-corrected chi connectivity index (χ3v) is 5.04.